The summed E-state index contributed by atoms with van der Waals surface area (Å²) in [7, 11) is 0. The van der Waals surface area contributed by atoms with Crippen LogP contribution in [0.15, 0.2) is 12.2 Å². The third-order valence-electron chi connectivity index (χ3n) is 3.43. The van der Waals surface area contributed by atoms with Crippen LogP contribution in [-0.4, -0.2) is 62.7 Å². The Morgan fingerprint density at radius 2 is 1.03 bits per heavy atom. The molecule has 0 heterocycles. The molecule has 0 amide bonds. The number of ether oxygens (including phenoxy) is 4. The molecule has 32 heavy (non-hydrogen) atoms. The van der Waals surface area contributed by atoms with Gasteiger partial charge in [-0.25, -0.2) is 4.79 Å². The summed E-state index contributed by atoms with van der Waals surface area (Å²) < 4.78 is 21.0. The number of rotatable bonds is 14. The SMILES string of the molecule is C=C(C)C(=O)O.CC(C)(C)COCCOC(=O)CCCCC(=O)OCCOCC(C)(C)C. The molecular weight excluding hydrogens is 416 g/mol. The highest BCUT2D eigenvalue weighted by Crippen LogP contribution is 2.13. The molecule has 0 saturated heterocycles. The van der Waals surface area contributed by atoms with Crippen molar-refractivity contribution in [3.8, 4) is 0 Å². The van der Waals surface area contributed by atoms with Crippen molar-refractivity contribution in [2.75, 3.05) is 39.6 Å². The Kier molecular flexibility index (Phi) is 17.7. The second-order valence-electron chi connectivity index (χ2n) is 9.96. The zero-order chi connectivity index (χ0) is 25.2. The van der Waals surface area contributed by atoms with Crippen LogP contribution in [0, 0.1) is 10.8 Å². The third-order valence-corrected chi connectivity index (χ3v) is 3.43. The Morgan fingerprint density at radius 3 is 1.28 bits per heavy atom. The minimum atomic E-state index is -0.935. The van der Waals surface area contributed by atoms with E-state index in [-0.39, 0.29) is 41.6 Å². The summed E-state index contributed by atoms with van der Waals surface area (Å²) in [5.41, 5.74) is 0.393. The van der Waals surface area contributed by atoms with Gasteiger partial charge in [-0.15, -0.1) is 0 Å². The summed E-state index contributed by atoms with van der Waals surface area (Å²) in [5.74, 6) is -1.45. The lowest BCUT2D eigenvalue weighted by Crippen LogP contribution is -2.18. The maximum absolute atomic E-state index is 11.6. The molecule has 0 aromatic carbocycles. The smallest absolute Gasteiger partial charge is 0.330 e. The highest BCUT2D eigenvalue weighted by atomic mass is 16.6. The van der Waals surface area contributed by atoms with Gasteiger partial charge in [0.25, 0.3) is 0 Å². The maximum Gasteiger partial charge on any atom is 0.330 e. The van der Waals surface area contributed by atoms with Crippen molar-refractivity contribution >= 4 is 17.9 Å². The molecule has 0 aliphatic rings. The van der Waals surface area contributed by atoms with E-state index in [2.05, 4.69) is 48.1 Å². The molecule has 0 radical (unpaired) electrons. The van der Waals surface area contributed by atoms with Crippen LogP contribution in [0.25, 0.3) is 0 Å². The normalized spacial score (nSPS) is 11.2. The highest BCUT2D eigenvalue weighted by Gasteiger charge is 2.11. The summed E-state index contributed by atoms with van der Waals surface area (Å²) in [5, 5.41) is 7.89. The number of unbranched alkanes of at least 4 members (excludes halogenated alkanes) is 1. The summed E-state index contributed by atoms with van der Waals surface area (Å²) in [6.45, 7) is 19.7. The van der Waals surface area contributed by atoms with Crippen molar-refractivity contribution in [2.24, 2.45) is 10.8 Å². The quantitative estimate of drug-likeness (QED) is 0.231. The Bertz CT molecular complexity index is 505. The first-order valence-electron chi connectivity index (χ1n) is 11.0. The molecule has 0 rings (SSSR count). The van der Waals surface area contributed by atoms with E-state index in [1.54, 1.807) is 0 Å². The second kappa shape index (κ2) is 17.6. The molecule has 0 unspecified atom stereocenters. The average molecular weight is 461 g/mol. The van der Waals surface area contributed by atoms with Crippen LogP contribution in [-0.2, 0) is 33.3 Å². The molecule has 0 atom stereocenters. The number of hydrogen-bond donors (Lipinski definition) is 1. The van der Waals surface area contributed by atoms with Crippen LogP contribution in [0.1, 0.15) is 74.1 Å². The number of aliphatic carboxylic acids is 1. The molecule has 0 aromatic heterocycles. The van der Waals surface area contributed by atoms with Crippen LogP contribution in [0.4, 0.5) is 0 Å². The molecule has 1 N–H and O–H groups in total. The lowest BCUT2D eigenvalue weighted by Gasteiger charge is -2.17. The van der Waals surface area contributed by atoms with E-state index in [1.807, 2.05) is 0 Å². The van der Waals surface area contributed by atoms with E-state index < -0.39 is 5.97 Å². The molecule has 0 aromatic rings. The Labute approximate surface area is 193 Å². The molecule has 0 aliphatic heterocycles. The van der Waals surface area contributed by atoms with Crippen LogP contribution in [0.2, 0.25) is 0 Å². The predicted molar refractivity (Wildman–Crippen MR) is 123 cm³/mol. The summed E-state index contributed by atoms with van der Waals surface area (Å²) in [4.78, 5) is 32.7. The van der Waals surface area contributed by atoms with E-state index in [9.17, 15) is 14.4 Å². The van der Waals surface area contributed by atoms with Gasteiger partial charge in [-0.05, 0) is 30.6 Å². The van der Waals surface area contributed by atoms with Gasteiger partial charge in [-0.2, -0.15) is 0 Å². The van der Waals surface area contributed by atoms with Crippen molar-refractivity contribution in [1.29, 1.82) is 0 Å². The lowest BCUT2D eigenvalue weighted by atomic mass is 9.99. The fourth-order valence-electron chi connectivity index (χ4n) is 1.87. The average Bonchev–Trinajstić information content (AvgIpc) is 2.63. The molecule has 188 valence electrons. The Morgan fingerprint density at radius 1 is 0.719 bits per heavy atom. The number of carbonyl (C=O) groups is 3. The third kappa shape index (κ3) is 28.1. The predicted octanol–water partition coefficient (Wildman–Crippen LogP) is 4.41. The number of esters is 2. The number of carboxylic acid groups (broad SMARTS) is 1. The zero-order valence-corrected chi connectivity index (χ0v) is 21.1. The maximum atomic E-state index is 11.6. The molecule has 0 bridgehead atoms. The molecule has 0 saturated carbocycles. The molecule has 0 fully saturated rings. The van der Waals surface area contributed by atoms with Crippen LogP contribution >= 0.6 is 0 Å². The van der Waals surface area contributed by atoms with Crippen molar-refractivity contribution in [1.82, 2.24) is 0 Å². The van der Waals surface area contributed by atoms with Crippen molar-refractivity contribution in [2.45, 2.75) is 74.1 Å². The number of carboxylic acids is 1. The van der Waals surface area contributed by atoms with Gasteiger partial charge >= 0.3 is 17.9 Å². The minimum Gasteiger partial charge on any atom is -0.478 e. The van der Waals surface area contributed by atoms with Gasteiger partial charge < -0.3 is 24.1 Å². The fourth-order valence-corrected chi connectivity index (χ4v) is 1.87. The van der Waals surface area contributed by atoms with Crippen LogP contribution in [0.5, 0.6) is 0 Å². The standard InChI is InChI=1S/C20H38O6.C4H6O2/c1-19(2,3)15-23-11-13-25-17(21)9-7-8-10-18(22)26-14-12-24-16-20(4,5)6;1-3(2)4(5)6/h7-16H2,1-6H3;1H2,2H3,(H,5,6). The van der Waals surface area contributed by atoms with E-state index in [4.69, 9.17) is 24.1 Å². The van der Waals surface area contributed by atoms with Gasteiger partial charge in [0.2, 0.25) is 0 Å². The molecule has 8 heteroatoms. The van der Waals surface area contributed by atoms with Gasteiger partial charge in [0.05, 0.1) is 26.4 Å². The second-order valence-corrected chi connectivity index (χ2v) is 9.96. The first-order chi connectivity index (χ1) is 14.6. The van der Waals surface area contributed by atoms with Crippen molar-refractivity contribution in [3.05, 3.63) is 12.2 Å². The van der Waals surface area contributed by atoms with Gasteiger partial charge in [0.1, 0.15) is 13.2 Å². The summed E-state index contributed by atoms with van der Waals surface area (Å²) in [6, 6.07) is 0. The first kappa shape index (κ1) is 32.3. The van der Waals surface area contributed by atoms with E-state index in [0.29, 0.717) is 52.1 Å². The van der Waals surface area contributed by atoms with E-state index in [0.717, 1.165) is 0 Å². The van der Waals surface area contributed by atoms with Crippen molar-refractivity contribution in [3.63, 3.8) is 0 Å². The fraction of sp³-hybridized carbons (Fsp3) is 0.792. The summed E-state index contributed by atoms with van der Waals surface area (Å²) in [6.07, 6.45) is 1.83. The van der Waals surface area contributed by atoms with Crippen LogP contribution in [0.3, 0.4) is 0 Å². The Hall–Kier alpha value is -1.93. The molecular formula is C24H44O8. The van der Waals surface area contributed by atoms with Gasteiger partial charge in [-0.3, -0.25) is 9.59 Å². The molecule has 0 aliphatic carbocycles. The molecule has 0 spiro atoms. The van der Waals surface area contributed by atoms with E-state index >= 15 is 0 Å². The molecule has 8 nitrogen and oxygen atoms in total. The van der Waals surface area contributed by atoms with Crippen LogP contribution < -0.4 is 0 Å². The lowest BCUT2D eigenvalue weighted by molar-refractivity contribution is -0.147. The van der Waals surface area contributed by atoms with Gasteiger partial charge in [-0.1, -0.05) is 48.1 Å². The topological polar surface area (TPSA) is 108 Å². The van der Waals surface area contributed by atoms with Gasteiger partial charge in [0, 0.05) is 18.4 Å². The van der Waals surface area contributed by atoms with Gasteiger partial charge in [0.15, 0.2) is 0 Å². The number of hydrogen-bond acceptors (Lipinski definition) is 7. The monoisotopic (exact) mass is 460 g/mol. The largest absolute Gasteiger partial charge is 0.478 e. The minimum absolute atomic E-state index is 0.108. The van der Waals surface area contributed by atoms with Crippen molar-refractivity contribution < 1.29 is 38.4 Å². The first-order valence-corrected chi connectivity index (χ1v) is 11.0. The highest BCUT2D eigenvalue weighted by molar-refractivity contribution is 5.84. The zero-order valence-electron chi connectivity index (χ0n) is 21.1. The number of carbonyl (C=O) groups excluding carboxylic acids is 2. The summed E-state index contributed by atoms with van der Waals surface area (Å²) >= 11 is 0. The van der Waals surface area contributed by atoms with E-state index in [1.165, 1.54) is 6.92 Å². The Balaban J connectivity index is 0.